The third-order valence-corrected chi connectivity index (χ3v) is 5.10. The summed E-state index contributed by atoms with van der Waals surface area (Å²) in [6.07, 6.45) is 4.76. The Balaban J connectivity index is 1.91. The maximum absolute atomic E-state index is 12.2. The van der Waals surface area contributed by atoms with Crippen molar-refractivity contribution in [1.82, 2.24) is 20.0 Å². The second-order valence-electron chi connectivity index (χ2n) is 4.42. The van der Waals surface area contributed by atoms with Crippen LogP contribution in [0.25, 0.3) is 0 Å². The van der Waals surface area contributed by atoms with E-state index in [-0.39, 0.29) is 9.56 Å². The van der Waals surface area contributed by atoms with Gasteiger partial charge in [0.25, 0.3) is 0 Å². The molecule has 2 heterocycles. The number of halogens is 1. The van der Waals surface area contributed by atoms with Gasteiger partial charge in [-0.1, -0.05) is 0 Å². The van der Waals surface area contributed by atoms with Crippen LogP contribution in [0.4, 0.5) is 0 Å². The van der Waals surface area contributed by atoms with E-state index in [0.29, 0.717) is 31.7 Å². The van der Waals surface area contributed by atoms with Gasteiger partial charge >= 0.3 is 0 Å². The summed E-state index contributed by atoms with van der Waals surface area (Å²) in [5.41, 5.74) is 0. The van der Waals surface area contributed by atoms with E-state index in [1.54, 1.807) is 19.4 Å². The SMILES string of the molecule is CNCc1cc(S(=O)(=O)NCCCc2ncc[nH]2)c(Br)o1. The van der Waals surface area contributed by atoms with Gasteiger partial charge in [0.05, 0.1) is 6.54 Å². The lowest BCUT2D eigenvalue weighted by atomic mass is 10.3. The van der Waals surface area contributed by atoms with Gasteiger partial charge in [0.15, 0.2) is 4.67 Å². The van der Waals surface area contributed by atoms with Gasteiger partial charge in [-0.15, -0.1) is 0 Å². The van der Waals surface area contributed by atoms with Crippen LogP contribution < -0.4 is 10.0 Å². The zero-order valence-electron chi connectivity index (χ0n) is 11.5. The molecule has 2 aromatic rings. The molecule has 0 saturated heterocycles. The first-order valence-corrected chi connectivity index (χ1v) is 8.71. The van der Waals surface area contributed by atoms with Crippen LogP contribution in [0.5, 0.6) is 0 Å². The molecule has 0 saturated carbocycles. The van der Waals surface area contributed by atoms with Crippen molar-refractivity contribution in [3.05, 3.63) is 34.7 Å². The maximum Gasteiger partial charge on any atom is 0.244 e. The zero-order valence-corrected chi connectivity index (χ0v) is 13.9. The Bertz CT molecular complexity index is 667. The zero-order chi connectivity index (χ0) is 15.3. The van der Waals surface area contributed by atoms with E-state index in [1.165, 1.54) is 6.07 Å². The molecule has 0 aliphatic heterocycles. The summed E-state index contributed by atoms with van der Waals surface area (Å²) in [5.74, 6) is 1.40. The molecule has 3 N–H and O–H groups in total. The highest BCUT2D eigenvalue weighted by Crippen LogP contribution is 2.25. The fraction of sp³-hybridized carbons (Fsp3) is 0.417. The molecule has 0 atom stereocenters. The summed E-state index contributed by atoms with van der Waals surface area (Å²) in [5, 5.41) is 2.90. The fourth-order valence-corrected chi connectivity index (χ4v) is 3.89. The second kappa shape index (κ2) is 7.21. The van der Waals surface area contributed by atoms with Crippen LogP contribution in [0.1, 0.15) is 18.0 Å². The number of nitrogens with zero attached hydrogens (tertiary/aromatic N) is 1. The molecule has 0 spiro atoms. The van der Waals surface area contributed by atoms with Gasteiger partial charge in [-0.3, -0.25) is 0 Å². The number of aryl methyl sites for hydroxylation is 1. The van der Waals surface area contributed by atoms with Crippen LogP contribution in [0.15, 0.2) is 32.4 Å². The molecule has 0 aromatic carbocycles. The molecule has 9 heteroatoms. The molecule has 116 valence electrons. The molecule has 7 nitrogen and oxygen atoms in total. The fourth-order valence-electron chi connectivity index (χ4n) is 1.82. The number of aromatic nitrogens is 2. The molecule has 0 bridgehead atoms. The van der Waals surface area contributed by atoms with Gasteiger partial charge in [0, 0.05) is 31.4 Å². The molecular weight excluding hydrogens is 360 g/mol. The van der Waals surface area contributed by atoms with Crippen LogP contribution in [0.2, 0.25) is 0 Å². The summed E-state index contributed by atoms with van der Waals surface area (Å²) >= 11 is 3.13. The van der Waals surface area contributed by atoms with Crippen molar-refractivity contribution in [3.63, 3.8) is 0 Å². The predicted octanol–water partition coefficient (Wildman–Crippen LogP) is 1.40. The minimum atomic E-state index is -3.58. The molecular formula is C12H17BrN4O3S. The Labute approximate surface area is 131 Å². The predicted molar refractivity (Wildman–Crippen MR) is 81.3 cm³/mol. The van der Waals surface area contributed by atoms with E-state index in [4.69, 9.17) is 4.42 Å². The minimum Gasteiger partial charge on any atom is -0.452 e. The molecule has 21 heavy (non-hydrogen) atoms. The number of aromatic amines is 1. The van der Waals surface area contributed by atoms with E-state index in [9.17, 15) is 8.42 Å². The Morgan fingerprint density at radius 1 is 1.48 bits per heavy atom. The van der Waals surface area contributed by atoms with Gasteiger partial charge in [-0.2, -0.15) is 0 Å². The molecule has 0 amide bonds. The monoisotopic (exact) mass is 376 g/mol. The lowest BCUT2D eigenvalue weighted by Crippen LogP contribution is -2.25. The number of hydrogen-bond acceptors (Lipinski definition) is 5. The Hall–Kier alpha value is -1.16. The second-order valence-corrected chi connectivity index (χ2v) is 6.87. The number of furan rings is 1. The lowest BCUT2D eigenvalue weighted by Gasteiger charge is -2.04. The topological polar surface area (TPSA) is 100 Å². The van der Waals surface area contributed by atoms with E-state index in [1.807, 2.05) is 0 Å². The van der Waals surface area contributed by atoms with E-state index >= 15 is 0 Å². The number of nitrogens with one attached hydrogen (secondary N) is 3. The van der Waals surface area contributed by atoms with Gasteiger partial charge < -0.3 is 14.7 Å². The molecule has 0 aliphatic carbocycles. The first-order valence-electron chi connectivity index (χ1n) is 6.43. The van der Waals surface area contributed by atoms with Crippen molar-refractivity contribution in [1.29, 1.82) is 0 Å². The highest BCUT2D eigenvalue weighted by atomic mass is 79.9. The van der Waals surface area contributed by atoms with Crippen molar-refractivity contribution in [3.8, 4) is 0 Å². The van der Waals surface area contributed by atoms with Crippen molar-refractivity contribution in [2.75, 3.05) is 13.6 Å². The standard InChI is InChI=1S/C12H17BrN4O3S/c1-14-8-9-7-10(12(13)20-9)21(18,19)17-4-2-3-11-15-5-6-16-11/h5-7,14,17H,2-4,8H2,1H3,(H,15,16). The summed E-state index contributed by atoms with van der Waals surface area (Å²) in [7, 11) is -1.82. The highest BCUT2D eigenvalue weighted by Gasteiger charge is 2.21. The number of sulfonamides is 1. The third kappa shape index (κ3) is 4.40. The summed E-state index contributed by atoms with van der Waals surface area (Å²) < 4.78 is 32.5. The molecule has 0 unspecified atom stereocenters. The lowest BCUT2D eigenvalue weighted by molar-refractivity contribution is 0.470. The van der Waals surface area contributed by atoms with Crippen LogP contribution in [0, 0.1) is 0 Å². The minimum absolute atomic E-state index is 0.116. The van der Waals surface area contributed by atoms with Crippen molar-refractivity contribution in [2.24, 2.45) is 0 Å². The largest absolute Gasteiger partial charge is 0.452 e. The highest BCUT2D eigenvalue weighted by molar-refractivity contribution is 9.10. The molecule has 0 aliphatic rings. The van der Waals surface area contributed by atoms with Gasteiger partial charge in [0.1, 0.15) is 16.5 Å². The summed E-state index contributed by atoms with van der Waals surface area (Å²) in [6, 6.07) is 1.51. The van der Waals surface area contributed by atoms with Crippen LogP contribution >= 0.6 is 15.9 Å². The van der Waals surface area contributed by atoms with E-state index < -0.39 is 10.0 Å². The van der Waals surface area contributed by atoms with Gasteiger partial charge in [-0.05, 0) is 29.4 Å². The number of rotatable bonds is 8. The van der Waals surface area contributed by atoms with Crippen molar-refractivity contribution >= 4 is 26.0 Å². The van der Waals surface area contributed by atoms with Crippen molar-refractivity contribution in [2.45, 2.75) is 24.3 Å². The quantitative estimate of drug-likeness (QED) is 0.604. The normalized spacial score (nSPS) is 11.9. The molecule has 0 fully saturated rings. The average molecular weight is 377 g/mol. The molecule has 2 rings (SSSR count). The van der Waals surface area contributed by atoms with Gasteiger partial charge in [0.2, 0.25) is 10.0 Å². The molecule has 2 aromatic heterocycles. The maximum atomic E-state index is 12.2. The Morgan fingerprint density at radius 3 is 2.95 bits per heavy atom. The van der Waals surface area contributed by atoms with Crippen LogP contribution in [-0.4, -0.2) is 32.0 Å². The van der Waals surface area contributed by atoms with Crippen LogP contribution in [-0.2, 0) is 23.0 Å². The van der Waals surface area contributed by atoms with E-state index in [0.717, 1.165) is 5.82 Å². The Kier molecular flexibility index (Phi) is 5.57. The van der Waals surface area contributed by atoms with E-state index in [2.05, 4.69) is 35.9 Å². The van der Waals surface area contributed by atoms with Gasteiger partial charge in [-0.25, -0.2) is 18.1 Å². The summed E-state index contributed by atoms with van der Waals surface area (Å²) in [4.78, 5) is 7.18. The van der Waals surface area contributed by atoms with Crippen LogP contribution in [0.3, 0.4) is 0 Å². The molecule has 0 radical (unpaired) electrons. The first-order chi connectivity index (χ1) is 10.0. The first kappa shape index (κ1) is 16.2. The third-order valence-electron chi connectivity index (χ3n) is 2.78. The number of imidazole rings is 1. The smallest absolute Gasteiger partial charge is 0.244 e. The number of H-pyrrole nitrogens is 1. The summed E-state index contributed by atoms with van der Waals surface area (Å²) in [6.45, 7) is 0.800. The Morgan fingerprint density at radius 2 is 2.29 bits per heavy atom. The van der Waals surface area contributed by atoms with Crippen molar-refractivity contribution < 1.29 is 12.8 Å². The average Bonchev–Trinajstić information content (AvgIpc) is 3.05. The number of hydrogen-bond donors (Lipinski definition) is 3.